The molecule has 0 unspecified atom stereocenters. The molecule has 4 heterocycles. The number of likely N-dealkylation sites (tertiary alicyclic amines) is 1. The highest BCUT2D eigenvalue weighted by molar-refractivity contribution is 5.95. The molecular weight excluding hydrogens is 454 g/mol. The van der Waals surface area contributed by atoms with Crippen molar-refractivity contribution in [1.82, 2.24) is 24.3 Å². The molecular formula is C28H29N5O3. The van der Waals surface area contributed by atoms with Crippen LogP contribution in [0.1, 0.15) is 56.6 Å². The molecule has 0 saturated carbocycles. The maximum absolute atomic E-state index is 13.3. The van der Waals surface area contributed by atoms with Crippen molar-refractivity contribution in [3.8, 4) is 5.69 Å². The number of nitrogens with zero attached hydrogens (tertiary/aromatic N) is 5. The molecule has 1 fully saturated rings. The molecule has 5 rings (SSSR count). The SMILES string of the molecule is Cc1ccc(C(=O)N(C)Cc2ccco2)c(C2CCN(C(=O)c3ccc(-n4ccnc4)cc3)CC2)n1. The van der Waals surface area contributed by atoms with Crippen LogP contribution in [0.3, 0.4) is 0 Å². The van der Waals surface area contributed by atoms with Gasteiger partial charge in [-0.2, -0.15) is 0 Å². The highest BCUT2D eigenvalue weighted by Gasteiger charge is 2.29. The summed E-state index contributed by atoms with van der Waals surface area (Å²) < 4.78 is 7.30. The molecule has 0 bridgehead atoms. The van der Waals surface area contributed by atoms with E-state index in [1.165, 1.54) is 0 Å². The van der Waals surface area contributed by atoms with Crippen LogP contribution in [0, 0.1) is 6.92 Å². The molecule has 1 saturated heterocycles. The summed E-state index contributed by atoms with van der Waals surface area (Å²) in [6.07, 6.45) is 8.45. The minimum atomic E-state index is -0.0783. The molecule has 36 heavy (non-hydrogen) atoms. The van der Waals surface area contributed by atoms with Gasteiger partial charge in [-0.1, -0.05) is 0 Å². The van der Waals surface area contributed by atoms with E-state index in [0.717, 1.165) is 35.7 Å². The van der Waals surface area contributed by atoms with E-state index in [4.69, 9.17) is 9.40 Å². The lowest BCUT2D eigenvalue weighted by Crippen LogP contribution is -2.38. The molecule has 0 spiro atoms. The van der Waals surface area contributed by atoms with E-state index in [2.05, 4.69) is 4.98 Å². The number of benzene rings is 1. The predicted molar refractivity (Wildman–Crippen MR) is 135 cm³/mol. The highest BCUT2D eigenvalue weighted by atomic mass is 16.3. The molecule has 8 heteroatoms. The number of carbonyl (C=O) groups excluding carboxylic acids is 2. The van der Waals surface area contributed by atoms with Gasteiger partial charge in [-0.3, -0.25) is 14.6 Å². The van der Waals surface area contributed by atoms with Crippen LogP contribution in [0.4, 0.5) is 0 Å². The summed E-state index contributed by atoms with van der Waals surface area (Å²) in [5, 5.41) is 0. The summed E-state index contributed by atoms with van der Waals surface area (Å²) in [4.78, 5) is 38.8. The predicted octanol–water partition coefficient (Wildman–Crippen LogP) is 4.46. The van der Waals surface area contributed by atoms with Gasteiger partial charge in [-0.25, -0.2) is 4.98 Å². The summed E-state index contributed by atoms with van der Waals surface area (Å²) in [5.74, 6) is 0.800. The Morgan fingerprint density at radius 3 is 2.53 bits per heavy atom. The van der Waals surface area contributed by atoms with E-state index in [1.54, 1.807) is 30.7 Å². The van der Waals surface area contributed by atoms with Crippen molar-refractivity contribution >= 4 is 11.8 Å². The lowest BCUT2D eigenvalue weighted by atomic mass is 9.89. The standard InChI is InChI=1S/C28H29N5O3/c1-20-5-10-25(28(35)31(2)18-24-4-3-17-36-24)26(30-20)21-11-14-32(15-12-21)27(34)22-6-8-23(9-7-22)33-16-13-29-19-33/h3-10,13,16-17,19,21H,11-12,14-15,18H2,1-2H3. The van der Waals surface area contributed by atoms with Gasteiger partial charge >= 0.3 is 0 Å². The molecule has 8 nitrogen and oxygen atoms in total. The Kier molecular flexibility index (Phi) is 6.66. The zero-order valence-electron chi connectivity index (χ0n) is 20.5. The number of hydrogen-bond acceptors (Lipinski definition) is 5. The van der Waals surface area contributed by atoms with Gasteiger partial charge in [0.15, 0.2) is 0 Å². The summed E-state index contributed by atoms with van der Waals surface area (Å²) in [6, 6.07) is 15.0. The third-order valence-corrected chi connectivity index (χ3v) is 6.70. The van der Waals surface area contributed by atoms with Crippen LogP contribution < -0.4 is 0 Å². The first-order valence-electron chi connectivity index (χ1n) is 12.1. The van der Waals surface area contributed by atoms with Crippen molar-refractivity contribution in [2.24, 2.45) is 0 Å². The quantitative estimate of drug-likeness (QED) is 0.404. The fourth-order valence-electron chi connectivity index (χ4n) is 4.71. The van der Waals surface area contributed by atoms with Crippen molar-refractivity contribution in [3.05, 3.63) is 102 Å². The maximum atomic E-state index is 13.3. The molecule has 0 N–H and O–H groups in total. The van der Waals surface area contributed by atoms with Crippen LogP contribution >= 0.6 is 0 Å². The summed E-state index contributed by atoms with van der Waals surface area (Å²) in [7, 11) is 1.77. The normalized spacial score (nSPS) is 14.1. The lowest BCUT2D eigenvalue weighted by Gasteiger charge is -2.33. The zero-order valence-corrected chi connectivity index (χ0v) is 20.5. The number of imidazole rings is 1. The molecule has 4 aromatic rings. The molecule has 1 aromatic carbocycles. The second-order valence-corrected chi connectivity index (χ2v) is 9.21. The zero-order chi connectivity index (χ0) is 25.1. The van der Waals surface area contributed by atoms with E-state index < -0.39 is 0 Å². The van der Waals surface area contributed by atoms with Crippen molar-refractivity contribution < 1.29 is 14.0 Å². The number of piperidine rings is 1. The van der Waals surface area contributed by atoms with E-state index in [-0.39, 0.29) is 17.7 Å². The lowest BCUT2D eigenvalue weighted by molar-refractivity contribution is 0.0706. The largest absolute Gasteiger partial charge is 0.467 e. The third-order valence-electron chi connectivity index (χ3n) is 6.70. The average Bonchev–Trinajstić information content (AvgIpc) is 3.63. The first-order chi connectivity index (χ1) is 17.5. The molecule has 184 valence electrons. The summed E-state index contributed by atoms with van der Waals surface area (Å²) >= 11 is 0. The smallest absolute Gasteiger partial charge is 0.255 e. The Balaban J connectivity index is 1.26. The number of aromatic nitrogens is 3. The van der Waals surface area contributed by atoms with Gasteiger partial charge in [0, 0.05) is 55.4 Å². The summed E-state index contributed by atoms with van der Waals surface area (Å²) in [5.41, 5.74) is 3.95. The topological polar surface area (TPSA) is 84.5 Å². The number of amides is 2. The van der Waals surface area contributed by atoms with Crippen LogP contribution in [0.2, 0.25) is 0 Å². The average molecular weight is 484 g/mol. The number of aryl methyl sites for hydroxylation is 1. The van der Waals surface area contributed by atoms with Crippen LogP contribution in [0.25, 0.3) is 5.69 Å². The van der Waals surface area contributed by atoms with Gasteiger partial charge in [-0.15, -0.1) is 0 Å². The minimum Gasteiger partial charge on any atom is -0.467 e. The van der Waals surface area contributed by atoms with Crippen molar-refractivity contribution in [1.29, 1.82) is 0 Å². The van der Waals surface area contributed by atoms with Crippen molar-refractivity contribution in [2.75, 3.05) is 20.1 Å². The first-order valence-corrected chi connectivity index (χ1v) is 12.1. The molecule has 1 aliphatic rings. The third kappa shape index (κ3) is 4.93. The van der Waals surface area contributed by atoms with Crippen molar-refractivity contribution in [3.63, 3.8) is 0 Å². The Labute approximate surface area is 210 Å². The maximum Gasteiger partial charge on any atom is 0.255 e. The number of rotatable bonds is 6. The van der Waals surface area contributed by atoms with Crippen LogP contribution in [0.15, 0.2) is 77.9 Å². The molecule has 1 aliphatic heterocycles. The Bertz CT molecular complexity index is 1320. The Hall–Kier alpha value is -4.20. The van der Waals surface area contributed by atoms with E-state index in [0.29, 0.717) is 30.8 Å². The van der Waals surface area contributed by atoms with Gasteiger partial charge in [0.05, 0.1) is 30.4 Å². The van der Waals surface area contributed by atoms with Gasteiger partial charge in [0.25, 0.3) is 11.8 Å². The summed E-state index contributed by atoms with van der Waals surface area (Å²) in [6.45, 7) is 3.58. The molecule has 3 aromatic heterocycles. The van der Waals surface area contributed by atoms with E-state index in [1.807, 2.05) is 71.1 Å². The van der Waals surface area contributed by atoms with Gasteiger partial charge in [0.1, 0.15) is 5.76 Å². The molecule has 0 aliphatic carbocycles. The first kappa shape index (κ1) is 23.5. The molecule has 2 amide bonds. The molecule has 0 atom stereocenters. The second kappa shape index (κ2) is 10.2. The van der Waals surface area contributed by atoms with E-state index >= 15 is 0 Å². The number of pyridine rings is 1. The van der Waals surface area contributed by atoms with Gasteiger partial charge < -0.3 is 18.8 Å². The number of carbonyl (C=O) groups is 2. The monoisotopic (exact) mass is 483 g/mol. The van der Waals surface area contributed by atoms with Gasteiger partial charge in [0.2, 0.25) is 0 Å². The second-order valence-electron chi connectivity index (χ2n) is 9.21. The fraction of sp³-hybridized carbons (Fsp3) is 0.286. The number of hydrogen-bond donors (Lipinski definition) is 0. The molecule has 0 radical (unpaired) electrons. The minimum absolute atomic E-state index is 0.0253. The van der Waals surface area contributed by atoms with E-state index in [9.17, 15) is 9.59 Å². The Morgan fingerprint density at radius 1 is 1.08 bits per heavy atom. The number of furan rings is 1. The van der Waals surface area contributed by atoms with Crippen LogP contribution in [-0.2, 0) is 6.54 Å². The van der Waals surface area contributed by atoms with Crippen LogP contribution in [-0.4, -0.2) is 56.3 Å². The Morgan fingerprint density at radius 2 is 1.86 bits per heavy atom. The fourth-order valence-corrected chi connectivity index (χ4v) is 4.71. The van der Waals surface area contributed by atoms with Gasteiger partial charge in [-0.05, 0) is 68.3 Å². The van der Waals surface area contributed by atoms with Crippen molar-refractivity contribution in [2.45, 2.75) is 32.2 Å². The highest BCUT2D eigenvalue weighted by Crippen LogP contribution is 2.31. The van der Waals surface area contributed by atoms with Crippen LogP contribution in [0.5, 0.6) is 0 Å².